The van der Waals surface area contributed by atoms with E-state index in [1.165, 1.54) is 11.3 Å². The molecule has 1 amide bonds. The summed E-state index contributed by atoms with van der Waals surface area (Å²) in [6.07, 6.45) is 1.61. The number of methoxy groups -OCH3 is 1. The van der Waals surface area contributed by atoms with Gasteiger partial charge in [0.1, 0.15) is 5.75 Å². The van der Waals surface area contributed by atoms with Crippen LogP contribution < -0.4 is 15.5 Å². The van der Waals surface area contributed by atoms with E-state index >= 15 is 0 Å². The van der Waals surface area contributed by atoms with Crippen LogP contribution in [0.1, 0.15) is 4.88 Å². The number of anilines is 1. The first kappa shape index (κ1) is 15.5. The second-order valence-electron chi connectivity index (χ2n) is 4.04. The Bertz CT molecular complexity index is 625. The number of hydrogen-bond acceptors (Lipinski definition) is 5. The Morgan fingerprint density at radius 3 is 2.81 bits per heavy atom. The molecule has 1 aromatic heterocycles. The lowest BCUT2D eigenvalue weighted by atomic mass is 10.3. The van der Waals surface area contributed by atoms with E-state index in [-0.39, 0.29) is 12.5 Å². The number of amides is 1. The highest BCUT2D eigenvalue weighted by molar-refractivity contribution is 9.10. The maximum absolute atomic E-state index is 11.6. The molecule has 2 aromatic rings. The van der Waals surface area contributed by atoms with Crippen LogP contribution >= 0.6 is 27.3 Å². The number of hydrazone groups is 1. The number of benzene rings is 1. The van der Waals surface area contributed by atoms with Crippen LogP contribution in [0.25, 0.3) is 0 Å². The molecule has 0 saturated carbocycles. The molecule has 0 aliphatic heterocycles. The summed E-state index contributed by atoms with van der Waals surface area (Å²) in [5.74, 6) is 0.564. The summed E-state index contributed by atoms with van der Waals surface area (Å²) < 4.78 is 6.06. The van der Waals surface area contributed by atoms with E-state index in [9.17, 15) is 4.79 Å². The predicted molar refractivity (Wildman–Crippen MR) is 89.2 cm³/mol. The van der Waals surface area contributed by atoms with Crippen molar-refractivity contribution in [1.29, 1.82) is 0 Å². The lowest BCUT2D eigenvalue weighted by Crippen LogP contribution is -2.25. The number of nitrogens with zero attached hydrogens (tertiary/aromatic N) is 1. The first-order valence-electron chi connectivity index (χ1n) is 6.11. The zero-order valence-corrected chi connectivity index (χ0v) is 13.7. The molecule has 0 radical (unpaired) electrons. The van der Waals surface area contributed by atoms with E-state index in [2.05, 4.69) is 31.8 Å². The SMILES string of the molecule is COc1ccc(NCC(=O)N/N=C/c2cc(Br)cs2)cc1. The predicted octanol–water partition coefficient (Wildman–Crippen LogP) is 3.08. The summed E-state index contributed by atoms with van der Waals surface area (Å²) in [6.45, 7) is 0.151. The number of ether oxygens (including phenoxy) is 1. The quantitative estimate of drug-likeness (QED) is 0.609. The van der Waals surface area contributed by atoms with E-state index in [1.807, 2.05) is 35.7 Å². The molecule has 0 fully saturated rings. The summed E-state index contributed by atoms with van der Waals surface area (Å²) in [7, 11) is 1.61. The third kappa shape index (κ3) is 5.20. The first-order valence-corrected chi connectivity index (χ1v) is 7.78. The molecule has 0 atom stereocenters. The molecule has 110 valence electrons. The molecule has 0 unspecified atom stereocenters. The molecule has 2 rings (SSSR count). The molecule has 0 saturated heterocycles. The van der Waals surface area contributed by atoms with Gasteiger partial charge >= 0.3 is 0 Å². The van der Waals surface area contributed by atoms with Crippen molar-refractivity contribution in [1.82, 2.24) is 5.43 Å². The van der Waals surface area contributed by atoms with Crippen LogP contribution in [0.3, 0.4) is 0 Å². The number of carbonyl (C=O) groups excluding carboxylic acids is 1. The number of thiophene rings is 1. The standard InChI is InChI=1S/C14H14BrN3O2S/c1-20-12-4-2-11(3-5-12)16-8-14(19)18-17-7-13-6-10(15)9-21-13/h2-7,9,16H,8H2,1H3,(H,18,19)/b17-7+. The summed E-state index contributed by atoms with van der Waals surface area (Å²) in [5.41, 5.74) is 3.31. The third-order valence-electron chi connectivity index (χ3n) is 2.51. The van der Waals surface area contributed by atoms with Crippen LogP contribution in [0.5, 0.6) is 5.75 Å². The van der Waals surface area contributed by atoms with E-state index in [1.54, 1.807) is 13.3 Å². The molecule has 7 heteroatoms. The molecule has 5 nitrogen and oxygen atoms in total. The average molecular weight is 368 g/mol. The molecule has 0 aliphatic carbocycles. The zero-order chi connectivity index (χ0) is 15.1. The van der Waals surface area contributed by atoms with Gasteiger partial charge in [-0.15, -0.1) is 11.3 Å². The van der Waals surface area contributed by atoms with Crippen molar-refractivity contribution in [3.05, 3.63) is 45.1 Å². The van der Waals surface area contributed by atoms with Crippen LogP contribution in [0.2, 0.25) is 0 Å². The summed E-state index contributed by atoms with van der Waals surface area (Å²) >= 11 is 4.90. The van der Waals surface area contributed by atoms with Crippen molar-refractivity contribution >= 4 is 45.1 Å². The average Bonchev–Trinajstić information content (AvgIpc) is 2.91. The molecule has 2 N–H and O–H groups in total. The highest BCUT2D eigenvalue weighted by Crippen LogP contribution is 2.17. The Morgan fingerprint density at radius 1 is 1.43 bits per heavy atom. The van der Waals surface area contributed by atoms with Gasteiger partial charge in [0.15, 0.2) is 0 Å². The third-order valence-corrected chi connectivity index (χ3v) is 4.14. The van der Waals surface area contributed by atoms with Crippen molar-refractivity contribution < 1.29 is 9.53 Å². The van der Waals surface area contributed by atoms with E-state index in [0.29, 0.717) is 0 Å². The molecular weight excluding hydrogens is 354 g/mol. The van der Waals surface area contributed by atoms with Gasteiger partial charge in [-0.2, -0.15) is 5.10 Å². The highest BCUT2D eigenvalue weighted by Gasteiger charge is 2.00. The molecule has 0 aliphatic rings. The first-order chi connectivity index (χ1) is 10.2. The smallest absolute Gasteiger partial charge is 0.259 e. The topological polar surface area (TPSA) is 62.7 Å². The summed E-state index contributed by atoms with van der Waals surface area (Å²) in [6, 6.07) is 9.27. The molecule has 1 aromatic carbocycles. The lowest BCUT2D eigenvalue weighted by molar-refractivity contribution is -0.119. The molecule has 1 heterocycles. The van der Waals surface area contributed by atoms with Gasteiger partial charge in [-0.25, -0.2) is 5.43 Å². The number of carbonyl (C=O) groups is 1. The Kier molecular flexibility index (Phi) is 5.77. The van der Waals surface area contributed by atoms with Gasteiger partial charge in [0.2, 0.25) is 0 Å². The summed E-state index contributed by atoms with van der Waals surface area (Å²) in [5, 5.41) is 8.85. The fraction of sp³-hybridized carbons (Fsp3) is 0.143. The van der Waals surface area contributed by atoms with Crippen molar-refractivity contribution in [2.24, 2.45) is 5.10 Å². The van der Waals surface area contributed by atoms with Gasteiger partial charge in [0.05, 0.1) is 19.9 Å². The maximum Gasteiger partial charge on any atom is 0.259 e. The Labute approximate surface area is 135 Å². The van der Waals surface area contributed by atoms with Crippen molar-refractivity contribution in [3.63, 3.8) is 0 Å². The molecule has 0 spiro atoms. The minimum absolute atomic E-state index is 0.151. The summed E-state index contributed by atoms with van der Waals surface area (Å²) in [4.78, 5) is 12.6. The Hall–Kier alpha value is -1.86. The monoisotopic (exact) mass is 367 g/mol. The Balaban J connectivity index is 1.75. The fourth-order valence-corrected chi connectivity index (χ4v) is 2.80. The highest BCUT2D eigenvalue weighted by atomic mass is 79.9. The molecule has 0 bridgehead atoms. The number of hydrogen-bond donors (Lipinski definition) is 2. The van der Waals surface area contributed by atoms with Crippen LogP contribution in [0, 0.1) is 0 Å². The fourth-order valence-electron chi connectivity index (χ4n) is 1.49. The van der Waals surface area contributed by atoms with Gasteiger partial charge in [-0.1, -0.05) is 0 Å². The van der Waals surface area contributed by atoms with Crippen LogP contribution in [-0.4, -0.2) is 25.8 Å². The van der Waals surface area contributed by atoms with Gasteiger partial charge in [0, 0.05) is 20.4 Å². The maximum atomic E-state index is 11.6. The minimum Gasteiger partial charge on any atom is -0.497 e. The van der Waals surface area contributed by atoms with E-state index in [4.69, 9.17) is 4.74 Å². The van der Waals surface area contributed by atoms with Gasteiger partial charge in [0.25, 0.3) is 5.91 Å². The largest absolute Gasteiger partial charge is 0.497 e. The normalized spacial score (nSPS) is 10.6. The second-order valence-corrected chi connectivity index (χ2v) is 5.90. The van der Waals surface area contributed by atoms with Gasteiger partial charge in [-0.05, 0) is 46.3 Å². The molecule has 21 heavy (non-hydrogen) atoms. The number of nitrogens with one attached hydrogen (secondary N) is 2. The van der Waals surface area contributed by atoms with E-state index < -0.39 is 0 Å². The number of rotatable bonds is 6. The van der Waals surface area contributed by atoms with Crippen molar-refractivity contribution in [2.75, 3.05) is 19.0 Å². The Morgan fingerprint density at radius 2 is 2.19 bits per heavy atom. The van der Waals surface area contributed by atoms with Crippen molar-refractivity contribution in [3.8, 4) is 5.75 Å². The van der Waals surface area contributed by atoms with Crippen molar-refractivity contribution in [2.45, 2.75) is 0 Å². The minimum atomic E-state index is -0.210. The van der Waals surface area contributed by atoms with Crippen LogP contribution in [-0.2, 0) is 4.79 Å². The van der Waals surface area contributed by atoms with Crippen LogP contribution in [0.4, 0.5) is 5.69 Å². The van der Waals surface area contributed by atoms with Gasteiger partial charge < -0.3 is 10.1 Å². The lowest BCUT2D eigenvalue weighted by Gasteiger charge is -2.06. The second kappa shape index (κ2) is 7.80. The molecular formula is C14H14BrN3O2S. The zero-order valence-electron chi connectivity index (χ0n) is 11.3. The van der Waals surface area contributed by atoms with E-state index in [0.717, 1.165) is 20.8 Å². The number of halogens is 1. The van der Waals surface area contributed by atoms with Crippen LogP contribution in [0.15, 0.2) is 45.3 Å². The van der Waals surface area contributed by atoms with Gasteiger partial charge in [-0.3, -0.25) is 4.79 Å².